The lowest BCUT2D eigenvalue weighted by molar-refractivity contribution is 0.0527. The van der Waals surface area contributed by atoms with Gasteiger partial charge in [-0.15, -0.1) is 0 Å². The Hall–Kier alpha value is -2.67. The fourth-order valence-corrected chi connectivity index (χ4v) is 3.56. The molecule has 1 aromatic heterocycles. The van der Waals surface area contributed by atoms with Crippen LogP contribution in [0.2, 0.25) is 0 Å². The van der Waals surface area contributed by atoms with Crippen LogP contribution in [0.15, 0.2) is 42.9 Å². The molecule has 7 nitrogen and oxygen atoms in total. The summed E-state index contributed by atoms with van der Waals surface area (Å²) in [6.45, 7) is 4.62. The van der Waals surface area contributed by atoms with Crippen LogP contribution in [0.5, 0.6) is 5.88 Å². The van der Waals surface area contributed by atoms with E-state index < -0.39 is 0 Å². The number of aromatic nitrogens is 2. The van der Waals surface area contributed by atoms with Crippen molar-refractivity contribution in [2.24, 2.45) is 0 Å². The van der Waals surface area contributed by atoms with Crippen LogP contribution in [-0.2, 0) is 4.74 Å². The van der Waals surface area contributed by atoms with Gasteiger partial charge in [0, 0.05) is 43.1 Å². The summed E-state index contributed by atoms with van der Waals surface area (Å²) in [6.07, 6.45) is 4.93. The van der Waals surface area contributed by atoms with E-state index in [1.807, 2.05) is 29.2 Å². The van der Waals surface area contributed by atoms with Crippen molar-refractivity contribution in [2.75, 3.05) is 44.3 Å². The Bertz CT molecular complexity index is 748. The lowest BCUT2D eigenvalue weighted by Crippen LogP contribution is -2.44. The van der Waals surface area contributed by atoms with Crippen LogP contribution < -0.4 is 9.64 Å². The number of rotatable bonds is 4. The van der Waals surface area contributed by atoms with Crippen LogP contribution >= 0.6 is 0 Å². The summed E-state index contributed by atoms with van der Waals surface area (Å²) in [5, 5.41) is 0. The zero-order valence-electron chi connectivity index (χ0n) is 15.3. The first-order valence-corrected chi connectivity index (χ1v) is 9.44. The molecule has 0 aliphatic carbocycles. The summed E-state index contributed by atoms with van der Waals surface area (Å²) >= 11 is 0. The molecule has 1 atom stereocenters. The fraction of sp³-hybridized carbons (Fsp3) is 0.450. The third kappa shape index (κ3) is 4.36. The molecule has 4 rings (SSSR count). The maximum absolute atomic E-state index is 12.9. The Morgan fingerprint density at radius 1 is 1.11 bits per heavy atom. The molecule has 0 spiro atoms. The summed E-state index contributed by atoms with van der Waals surface area (Å²) in [5.41, 5.74) is 1.85. The summed E-state index contributed by atoms with van der Waals surface area (Å²) in [6, 6.07) is 9.63. The van der Waals surface area contributed by atoms with Gasteiger partial charge >= 0.3 is 0 Å². The van der Waals surface area contributed by atoms with Crippen LogP contribution in [0.4, 0.5) is 5.69 Å². The number of hydrogen-bond acceptors (Lipinski definition) is 6. The molecule has 7 heteroatoms. The molecule has 1 aromatic carbocycles. The minimum absolute atomic E-state index is 0.0368. The minimum Gasteiger partial charge on any atom is -0.472 e. The van der Waals surface area contributed by atoms with E-state index in [0.717, 1.165) is 56.9 Å². The van der Waals surface area contributed by atoms with E-state index in [1.165, 1.54) is 6.33 Å². The van der Waals surface area contributed by atoms with Crippen molar-refractivity contribution >= 4 is 11.6 Å². The number of hydrogen-bond donors (Lipinski definition) is 0. The number of likely N-dealkylation sites (tertiary alicyclic amines) is 1. The molecule has 2 aliphatic rings. The Morgan fingerprint density at radius 3 is 2.67 bits per heavy atom. The van der Waals surface area contributed by atoms with E-state index >= 15 is 0 Å². The number of benzene rings is 1. The monoisotopic (exact) mass is 368 g/mol. The van der Waals surface area contributed by atoms with E-state index in [4.69, 9.17) is 9.47 Å². The molecule has 0 bridgehead atoms. The molecule has 0 radical (unpaired) electrons. The normalized spacial score (nSPS) is 20.4. The first kappa shape index (κ1) is 17.7. The van der Waals surface area contributed by atoms with Crippen LogP contribution in [-0.4, -0.2) is 66.3 Å². The van der Waals surface area contributed by atoms with Gasteiger partial charge in [0.1, 0.15) is 12.4 Å². The first-order chi connectivity index (χ1) is 13.3. The van der Waals surface area contributed by atoms with E-state index in [9.17, 15) is 4.79 Å². The molecule has 1 unspecified atom stereocenters. The van der Waals surface area contributed by atoms with Gasteiger partial charge in [0.2, 0.25) is 5.88 Å². The molecule has 2 fully saturated rings. The number of ether oxygens (including phenoxy) is 2. The molecule has 2 aliphatic heterocycles. The number of carbonyl (C=O) groups excluding carboxylic acids is 1. The lowest BCUT2D eigenvalue weighted by atomic mass is 10.1. The van der Waals surface area contributed by atoms with Crippen LogP contribution in [0, 0.1) is 0 Å². The molecule has 0 N–H and O–H groups in total. The Balaban J connectivity index is 1.38. The second-order valence-corrected chi connectivity index (χ2v) is 6.83. The predicted octanol–water partition coefficient (Wildman–Crippen LogP) is 2.00. The molecule has 142 valence electrons. The molecule has 27 heavy (non-hydrogen) atoms. The van der Waals surface area contributed by atoms with E-state index in [-0.39, 0.29) is 12.0 Å². The third-order valence-electron chi connectivity index (χ3n) is 5.00. The number of anilines is 1. The van der Waals surface area contributed by atoms with Crippen molar-refractivity contribution < 1.29 is 14.3 Å². The number of piperidine rings is 1. The minimum atomic E-state index is -0.0368. The zero-order valence-corrected chi connectivity index (χ0v) is 15.3. The van der Waals surface area contributed by atoms with Crippen molar-refractivity contribution in [2.45, 2.75) is 18.9 Å². The van der Waals surface area contributed by atoms with Crippen molar-refractivity contribution in [3.63, 3.8) is 0 Å². The SMILES string of the molecule is O=C(c1ccc(N2CCOCC2)cc1)N1CCCC(Oc2ccncn2)C1. The summed E-state index contributed by atoms with van der Waals surface area (Å²) in [5.74, 6) is 0.610. The zero-order chi connectivity index (χ0) is 18.5. The van der Waals surface area contributed by atoms with Gasteiger partial charge in [0.25, 0.3) is 5.91 Å². The molecule has 2 saturated heterocycles. The number of carbonyl (C=O) groups is 1. The summed E-state index contributed by atoms with van der Waals surface area (Å²) in [7, 11) is 0. The Kier molecular flexibility index (Phi) is 5.48. The standard InChI is InChI=1S/C20H24N4O3/c25-20(16-3-5-17(6-4-16)23-10-12-26-13-11-23)24-9-1-2-18(14-24)27-19-7-8-21-15-22-19/h3-8,15,18H,1-2,9-14H2. The van der Waals surface area contributed by atoms with Gasteiger partial charge < -0.3 is 19.3 Å². The fourth-order valence-electron chi connectivity index (χ4n) is 3.56. The van der Waals surface area contributed by atoms with Crippen LogP contribution in [0.3, 0.4) is 0 Å². The van der Waals surface area contributed by atoms with Crippen molar-refractivity contribution in [3.05, 3.63) is 48.4 Å². The van der Waals surface area contributed by atoms with Crippen LogP contribution in [0.1, 0.15) is 23.2 Å². The van der Waals surface area contributed by atoms with Gasteiger partial charge in [-0.05, 0) is 37.1 Å². The summed E-state index contributed by atoms with van der Waals surface area (Å²) < 4.78 is 11.3. The molecule has 1 amide bonds. The highest BCUT2D eigenvalue weighted by atomic mass is 16.5. The highest BCUT2D eigenvalue weighted by Crippen LogP contribution is 2.21. The van der Waals surface area contributed by atoms with Crippen molar-refractivity contribution in [1.29, 1.82) is 0 Å². The second-order valence-electron chi connectivity index (χ2n) is 6.83. The van der Waals surface area contributed by atoms with Gasteiger partial charge in [-0.1, -0.05) is 0 Å². The van der Waals surface area contributed by atoms with Gasteiger partial charge in [-0.3, -0.25) is 4.79 Å². The molecule has 0 saturated carbocycles. The van der Waals surface area contributed by atoms with Gasteiger partial charge in [-0.2, -0.15) is 0 Å². The largest absolute Gasteiger partial charge is 0.472 e. The third-order valence-corrected chi connectivity index (χ3v) is 5.00. The van der Waals surface area contributed by atoms with Gasteiger partial charge in [0.15, 0.2) is 0 Å². The summed E-state index contributed by atoms with van der Waals surface area (Å²) in [4.78, 5) is 25.1. The molecule has 2 aromatic rings. The highest BCUT2D eigenvalue weighted by Gasteiger charge is 2.26. The van der Waals surface area contributed by atoms with Gasteiger partial charge in [0.05, 0.1) is 19.8 Å². The number of nitrogens with zero attached hydrogens (tertiary/aromatic N) is 4. The van der Waals surface area contributed by atoms with Crippen molar-refractivity contribution in [3.8, 4) is 5.88 Å². The quantitative estimate of drug-likeness (QED) is 0.822. The van der Waals surface area contributed by atoms with Crippen molar-refractivity contribution in [1.82, 2.24) is 14.9 Å². The molecular weight excluding hydrogens is 344 g/mol. The number of morpholine rings is 1. The Morgan fingerprint density at radius 2 is 1.93 bits per heavy atom. The predicted molar refractivity (Wildman–Crippen MR) is 101 cm³/mol. The molecule has 3 heterocycles. The second kappa shape index (κ2) is 8.35. The average molecular weight is 368 g/mol. The maximum atomic E-state index is 12.9. The average Bonchev–Trinajstić information content (AvgIpc) is 2.75. The van der Waals surface area contributed by atoms with Crippen LogP contribution in [0.25, 0.3) is 0 Å². The highest BCUT2D eigenvalue weighted by molar-refractivity contribution is 5.94. The topological polar surface area (TPSA) is 67.8 Å². The van der Waals surface area contributed by atoms with E-state index in [0.29, 0.717) is 12.4 Å². The molecular formula is C20H24N4O3. The smallest absolute Gasteiger partial charge is 0.253 e. The lowest BCUT2D eigenvalue weighted by Gasteiger charge is -2.33. The maximum Gasteiger partial charge on any atom is 0.253 e. The number of amides is 1. The Labute approximate surface area is 158 Å². The van der Waals surface area contributed by atoms with E-state index in [2.05, 4.69) is 14.9 Å². The van der Waals surface area contributed by atoms with E-state index in [1.54, 1.807) is 12.3 Å². The van der Waals surface area contributed by atoms with Gasteiger partial charge in [-0.25, -0.2) is 9.97 Å². The first-order valence-electron chi connectivity index (χ1n) is 9.44.